The zero-order valence-corrected chi connectivity index (χ0v) is 20.7. The molecule has 2 heterocycles. The number of amides is 2. The zero-order valence-electron chi connectivity index (χ0n) is 20.7. The van der Waals surface area contributed by atoms with Crippen LogP contribution in [-0.2, 0) is 6.42 Å². The molecule has 1 aromatic heterocycles. The average Bonchev–Trinajstić information content (AvgIpc) is 2.92. The second-order valence-electron chi connectivity index (χ2n) is 9.04. The second kappa shape index (κ2) is 12.2. The first-order valence-electron chi connectivity index (χ1n) is 12.6. The number of benzene rings is 2. The van der Waals surface area contributed by atoms with Crippen molar-refractivity contribution in [2.75, 3.05) is 26.2 Å². The van der Waals surface area contributed by atoms with Crippen LogP contribution in [0.3, 0.4) is 0 Å². The van der Waals surface area contributed by atoms with Gasteiger partial charge in [-0.25, -0.2) is 0 Å². The van der Waals surface area contributed by atoms with Gasteiger partial charge in [-0.05, 0) is 56.4 Å². The summed E-state index contributed by atoms with van der Waals surface area (Å²) in [7, 11) is 0. The first kappa shape index (κ1) is 25.2. The van der Waals surface area contributed by atoms with Crippen molar-refractivity contribution in [3.8, 4) is 5.75 Å². The number of nitrogens with one attached hydrogen (secondary N) is 1. The van der Waals surface area contributed by atoms with Crippen LogP contribution in [0.25, 0.3) is 0 Å². The lowest BCUT2D eigenvalue weighted by Gasteiger charge is -2.32. The molecule has 4 rings (SSSR count). The lowest BCUT2D eigenvalue weighted by atomic mass is 10.0. The summed E-state index contributed by atoms with van der Waals surface area (Å²) in [5, 5.41) is 0. The molecule has 0 saturated carbocycles. The van der Waals surface area contributed by atoms with Gasteiger partial charge in [-0.1, -0.05) is 42.5 Å². The van der Waals surface area contributed by atoms with Crippen LogP contribution in [-0.4, -0.2) is 58.9 Å². The van der Waals surface area contributed by atoms with E-state index < -0.39 is 0 Å². The number of H-pyrrole nitrogens is 1. The maximum atomic E-state index is 13.7. The van der Waals surface area contributed by atoms with E-state index in [1.165, 1.54) is 12.3 Å². The Bertz CT molecular complexity index is 1200. The first-order chi connectivity index (χ1) is 17.6. The molecule has 1 N–H and O–H groups in total. The topological polar surface area (TPSA) is 82.7 Å². The fourth-order valence-electron chi connectivity index (χ4n) is 4.59. The number of carbonyl (C=O) groups excluding carboxylic acids is 2. The van der Waals surface area contributed by atoms with Gasteiger partial charge in [0.15, 0.2) is 0 Å². The van der Waals surface area contributed by atoms with E-state index in [-0.39, 0.29) is 30.0 Å². The van der Waals surface area contributed by atoms with Crippen LogP contribution in [0.5, 0.6) is 5.75 Å². The largest absolute Gasteiger partial charge is 0.491 e. The number of fused-ring (bicyclic) bond motifs is 1. The maximum absolute atomic E-state index is 13.7. The van der Waals surface area contributed by atoms with Crippen molar-refractivity contribution < 1.29 is 14.3 Å². The molecule has 36 heavy (non-hydrogen) atoms. The Morgan fingerprint density at radius 3 is 2.44 bits per heavy atom. The van der Waals surface area contributed by atoms with Crippen LogP contribution in [0.2, 0.25) is 0 Å². The van der Waals surface area contributed by atoms with Crippen molar-refractivity contribution in [2.45, 2.75) is 38.6 Å². The summed E-state index contributed by atoms with van der Waals surface area (Å²) in [4.78, 5) is 44.9. The van der Waals surface area contributed by atoms with Gasteiger partial charge in [-0.15, -0.1) is 0 Å². The normalized spacial score (nSPS) is 17.2. The van der Waals surface area contributed by atoms with Crippen molar-refractivity contribution in [2.24, 2.45) is 0 Å². The third-order valence-electron chi connectivity index (χ3n) is 6.59. The number of carbonyl (C=O) groups is 2. The Kier molecular flexibility index (Phi) is 8.55. The summed E-state index contributed by atoms with van der Waals surface area (Å²) >= 11 is 0. The van der Waals surface area contributed by atoms with Crippen molar-refractivity contribution in [3.05, 3.63) is 100.0 Å². The number of pyridine rings is 1. The van der Waals surface area contributed by atoms with Gasteiger partial charge in [-0.2, -0.15) is 0 Å². The molecular weight excluding hydrogens is 454 g/mol. The standard InChI is InChI=1S/C29H33N3O4/c1-2-31-17-9-4-10-18-32(28(34)23-15-16-27(33)30-20-23)24(19-22-11-5-3-6-12-22)21-36-26-14-8-7-13-25(26)29(31)35/h3,5-8,11-16,20,24H,2,4,9-10,17-19,21H2,1H3,(H,30,33)/t24-/m0/s1. The number of aromatic amines is 1. The molecule has 0 saturated heterocycles. The lowest BCUT2D eigenvalue weighted by Crippen LogP contribution is -2.45. The number of nitrogens with zero attached hydrogens (tertiary/aromatic N) is 2. The van der Waals surface area contributed by atoms with Gasteiger partial charge in [0.05, 0.1) is 17.2 Å². The Balaban J connectivity index is 1.69. The van der Waals surface area contributed by atoms with Gasteiger partial charge in [0.25, 0.3) is 11.8 Å². The number of para-hydroxylation sites is 1. The van der Waals surface area contributed by atoms with Crippen LogP contribution in [0, 0.1) is 0 Å². The van der Waals surface area contributed by atoms with E-state index in [4.69, 9.17) is 4.74 Å². The number of hydrogen-bond acceptors (Lipinski definition) is 4. The summed E-state index contributed by atoms with van der Waals surface area (Å²) in [6.45, 7) is 4.06. The molecule has 7 heteroatoms. The van der Waals surface area contributed by atoms with Crippen LogP contribution in [0.15, 0.2) is 77.7 Å². The van der Waals surface area contributed by atoms with Crippen molar-refractivity contribution >= 4 is 11.8 Å². The van der Waals surface area contributed by atoms with E-state index in [0.29, 0.717) is 42.9 Å². The first-order valence-corrected chi connectivity index (χ1v) is 12.6. The number of hydrogen-bond donors (Lipinski definition) is 1. The van der Waals surface area contributed by atoms with Crippen LogP contribution in [0.4, 0.5) is 0 Å². The minimum Gasteiger partial charge on any atom is -0.491 e. The van der Waals surface area contributed by atoms with E-state index >= 15 is 0 Å². The Morgan fingerprint density at radius 1 is 0.944 bits per heavy atom. The molecule has 1 aliphatic heterocycles. The molecule has 0 radical (unpaired) electrons. The predicted octanol–water partition coefficient (Wildman–Crippen LogP) is 4.15. The molecule has 0 unspecified atom stereocenters. The molecular formula is C29H33N3O4. The maximum Gasteiger partial charge on any atom is 0.257 e. The average molecular weight is 488 g/mol. The highest BCUT2D eigenvalue weighted by molar-refractivity contribution is 5.97. The molecule has 2 aromatic carbocycles. The summed E-state index contributed by atoms with van der Waals surface area (Å²) in [6, 6.07) is 20.0. The van der Waals surface area contributed by atoms with E-state index in [0.717, 1.165) is 24.8 Å². The smallest absolute Gasteiger partial charge is 0.257 e. The van der Waals surface area contributed by atoms with Crippen LogP contribution in [0.1, 0.15) is 52.5 Å². The monoisotopic (exact) mass is 487 g/mol. The molecule has 7 nitrogen and oxygen atoms in total. The fourth-order valence-corrected chi connectivity index (χ4v) is 4.59. The summed E-state index contributed by atoms with van der Waals surface area (Å²) in [5.41, 5.74) is 1.82. The van der Waals surface area contributed by atoms with E-state index in [2.05, 4.69) is 4.98 Å². The van der Waals surface area contributed by atoms with Gasteiger partial charge in [0.2, 0.25) is 5.56 Å². The van der Waals surface area contributed by atoms with Crippen molar-refractivity contribution in [1.82, 2.24) is 14.8 Å². The van der Waals surface area contributed by atoms with Gasteiger partial charge >= 0.3 is 0 Å². The highest BCUT2D eigenvalue weighted by Gasteiger charge is 2.27. The molecule has 3 aromatic rings. The quantitative estimate of drug-likeness (QED) is 0.599. The van der Waals surface area contributed by atoms with Gasteiger partial charge in [0.1, 0.15) is 12.4 Å². The molecule has 0 spiro atoms. The number of rotatable bonds is 4. The third kappa shape index (κ3) is 6.22. The molecule has 0 bridgehead atoms. The molecule has 0 fully saturated rings. The van der Waals surface area contributed by atoms with E-state index in [1.807, 2.05) is 65.3 Å². The van der Waals surface area contributed by atoms with E-state index in [1.54, 1.807) is 12.1 Å². The molecule has 2 amide bonds. The molecule has 188 valence electrons. The SMILES string of the molecule is CCN1CCCCCN(C(=O)c2ccc(=O)[nH]c2)[C@@H](Cc2ccccc2)COc2ccccc2C1=O. The van der Waals surface area contributed by atoms with Gasteiger partial charge in [0, 0.05) is 31.9 Å². The van der Waals surface area contributed by atoms with Crippen LogP contribution >= 0.6 is 0 Å². The number of ether oxygens (including phenoxy) is 1. The minimum atomic E-state index is -0.266. The highest BCUT2D eigenvalue weighted by atomic mass is 16.5. The Morgan fingerprint density at radius 2 is 1.69 bits per heavy atom. The molecule has 1 atom stereocenters. The van der Waals surface area contributed by atoms with Crippen LogP contribution < -0.4 is 10.3 Å². The van der Waals surface area contributed by atoms with Crippen molar-refractivity contribution in [3.63, 3.8) is 0 Å². The van der Waals surface area contributed by atoms with Gasteiger partial charge in [-0.3, -0.25) is 14.4 Å². The Labute approximate surface area is 211 Å². The highest BCUT2D eigenvalue weighted by Crippen LogP contribution is 2.23. The Hall–Kier alpha value is -3.87. The minimum absolute atomic E-state index is 0.0341. The fraction of sp³-hybridized carbons (Fsp3) is 0.345. The van der Waals surface area contributed by atoms with E-state index in [9.17, 15) is 14.4 Å². The summed E-state index contributed by atoms with van der Waals surface area (Å²) < 4.78 is 6.29. The second-order valence-corrected chi connectivity index (χ2v) is 9.04. The zero-order chi connectivity index (χ0) is 25.3. The molecule has 0 aliphatic carbocycles. The van der Waals surface area contributed by atoms with Crippen molar-refractivity contribution in [1.29, 1.82) is 0 Å². The summed E-state index contributed by atoms with van der Waals surface area (Å²) in [6.07, 6.45) is 4.62. The van der Waals surface area contributed by atoms with Gasteiger partial charge < -0.3 is 19.5 Å². The number of aromatic nitrogens is 1. The predicted molar refractivity (Wildman–Crippen MR) is 139 cm³/mol. The third-order valence-corrected chi connectivity index (χ3v) is 6.59. The summed E-state index contributed by atoms with van der Waals surface area (Å²) in [5.74, 6) is 0.341. The lowest BCUT2D eigenvalue weighted by molar-refractivity contribution is 0.0605. The molecule has 1 aliphatic rings.